The van der Waals surface area contributed by atoms with Gasteiger partial charge in [-0.1, -0.05) is 0 Å². The molecular weight excluding hydrogens is 297 g/mol. The summed E-state index contributed by atoms with van der Waals surface area (Å²) in [6, 6.07) is 4.14. The fraction of sp³-hybridized carbons (Fsp3) is 0. The lowest BCUT2D eigenvalue weighted by molar-refractivity contribution is 0.585. The average molecular weight is 303 g/mol. The first kappa shape index (κ1) is 11.9. The molecular formula is C11H6BrF3N2. The minimum atomic E-state index is -0.811. The van der Waals surface area contributed by atoms with Crippen LogP contribution in [0.3, 0.4) is 0 Å². The number of anilines is 2. The number of halogens is 4. The van der Waals surface area contributed by atoms with Gasteiger partial charge in [-0.3, -0.25) is 0 Å². The molecule has 2 rings (SSSR count). The molecule has 0 radical (unpaired) electrons. The quantitative estimate of drug-likeness (QED) is 0.907. The van der Waals surface area contributed by atoms with Crippen molar-refractivity contribution in [1.29, 1.82) is 0 Å². The molecule has 0 aliphatic rings. The summed E-state index contributed by atoms with van der Waals surface area (Å²) in [5, 5.41) is 2.45. The van der Waals surface area contributed by atoms with E-state index in [4.69, 9.17) is 0 Å². The number of hydrogen-bond donors (Lipinski definition) is 1. The Hall–Kier alpha value is -1.56. The van der Waals surface area contributed by atoms with Gasteiger partial charge in [0.2, 0.25) is 0 Å². The van der Waals surface area contributed by atoms with E-state index in [0.717, 1.165) is 6.07 Å². The smallest absolute Gasteiger partial charge is 0.166 e. The molecule has 0 unspecified atom stereocenters. The SMILES string of the molecule is Fc1ccc(Nc2ncc(Br)cc2F)c(F)c1. The zero-order valence-corrected chi connectivity index (χ0v) is 9.93. The molecule has 17 heavy (non-hydrogen) atoms. The molecule has 2 nitrogen and oxygen atoms in total. The summed E-state index contributed by atoms with van der Waals surface area (Å²) in [4.78, 5) is 3.74. The van der Waals surface area contributed by atoms with E-state index in [9.17, 15) is 13.2 Å². The van der Waals surface area contributed by atoms with Gasteiger partial charge in [-0.05, 0) is 34.1 Å². The zero-order chi connectivity index (χ0) is 12.4. The normalized spacial score (nSPS) is 10.4. The summed E-state index contributed by atoms with van der Waals surface area (Å²) in [5.41, 5.74) is -0.0416. The highest BCUT2D eigenvalue weighted by Gasteiger charge is 2.08. The molecule has 0 saturated carbocycles. The fourth-order valence-electron chi connectivity index (χ4n) is 1.22. The van der Waals surface area contributed by atoms with Gasteiger partial charge in [0.25, 0.3) is 0 Å². The highest BCUT2D eigenvalue weighted by molar-refractivity contribution is 9.10. The molecule has 0 aliphatic carbocycles. The molecule has 1 heterocycles. The summed E-state index contributed by atoms with van der Waals surface area (Å²) in [6.45, 7) is 0. The van der Waals surface area contributed by atoms with E-state index in [-0.39, 0.29) is 11.5 Å². The van der Waals surface area contributed by atoms with Crippen LogP contribution in [0.1, 0.15) is 0 Å². The third kappa shape index (κ3) is 2.76. The van der Waals surface area contributed by atoms with Crippen LogP contribution in [0.15, 0.2) is 34.9 Å². The van der Waals surface area contributed by atoms with E-state index in [1.165, 1.54) is 18.3 Å². The molecule has 0 fully saturated rings. The predicted molar refractivity (Wildman–Crippen MR) is 61.5 cm³/mol. The van der Waals surface area contributed by atoms with Gasteiger partial charge < -0.3 is 5.32 Å². The van der Waals surface area contributed by atoms with Crippen molar-refractivity contribution in [3.05, 3.63) is 52.4 Å². The van der Waals surface area contributed by atoms with Crippen LogP contribution in [0.5, 0.6) is 0 Å². The van der Waals surface area contributed by atoms with Crippen LogP contribution in [0.25, 0.3) is 0 Å². The fourth-order valence-corrected chi connectivity index (χ4v) is 1.53. The highest BCUT2D eigenvalue weighted by Crippen LogP contribution is 2.22. The molecule has 1 aromatic carbocycles. The van der Waals surface area contributed by atoms with Crippen LogP contribution in [-0.4, -0.2) is 4.98 Å². The van der Waals surface area contributed by atoms with Crippen LogP contribution in [0.2, 0.25) is 0 Å². The van der Waals surface area contributed by atoms with Crippen molar-refractivity contribution in [2.45, 2.75) is 0 Å². The summed E-state index contributed by atoms with van der Waals surface area (Å²) in [5.74, 6) is -2.27. The van der Waals surface area contributed by atoms with Crippen molar-refractivity contribution >= 4 is 27.4 Å². The number of nitrogens with one attached hydrogen (secondary N) is 1. The van der Waals surface area contributed by atoms with E-state index in [1.54, 1.807) is 0 Å². The maximum absolute atomic E-state index is 13.4. The topological polar surface area (TPSA) is 24.9 Å². The van der Waals surface area contributed by atoms with Gasteiger partial charge in [-0.15, -0.1) is 0 Å². The Morgan fingerprint density at radius 2 is 1.82 bits per heavy atom. The maximum Gasteiger partial charge on any atom is 0.166 e. The second-order valence-electron chi connectivity index (χ2n) is 3.23. The van der Waals surface area contributed by atoms with Crippen molar-refractivity contribution in [1.82, 2.24) is 4.98 Å². The van der Waals surface area contributed by atoms with Crippen LogP contribution in [0.4, 0.5) is 24.7 Å². The van der Waals surface area contributed by atoms with Crippen LogP contribution >= 0.6 is 15.9 Å². The van der Waals surface area contributed by atoms with Crippen molar-refractivity contribution in [2.24, 2.45) is 0 Å². The first-order valence-corrected chi connectivity index (χ1v) is 5.38. The summed E-state index contributed by atoms with van der Waals surface area (Å²) >= 11 is 3.05. The second kappa shape index (κ2) is 4.75. The Kier molecular flexibility index (Phi) is 3.33. The molecule has 0 atom stereocenters. The Labute approximate surface area is 104 Å². The van der Waals surface area contributed by atoms with Gasteiger partial charge in [0.1, 0.15) is 11.6 Å². The molecule has 88 valence electrons. The third-order valence-electron chi connectivity index (χ3n) is 1.99. The van der Waals surface area contributed by atoms with E-state index < -0.39 is 17.5 Å². The summed E-state index contributed by atoms with van der Waals surface area (Å²) < 4.78 is 39.8. The summed E-state index contributed by atoms with van der Waals surface area (Å²) in [7, 11) is 0. The van der Waals surface area contributed by atoms with Gasteiger partial charge in [0.15, 0.2) is 11.6 Å². The number of hydrogen-bond acceptors (Lipinski definition) is 2. The third-order valence-corrected chi connectivity index (χ3v) is 2.43. The molecule has 6 heteroatoms. The molecule has 0 saturated heterocycles. The van der Waals surface area contributed by atoms with Gasteiger partial charge in [0, 0.05) is 16.7 Å². The number of nitrogens with zero attached hydrogens (tertiary/aromatic N) is 1. The predicted octanol–water partition coefficient (Wildman–Crippen LogP) is 4.01. The van der Waals surface area contributed by atoms with Crippen LogP contribution in [0, 0.1) is 17.5 Å². The zero-order valence-electron chi connectivity index (χ0n) is 8.35. The van der Waals surface area contributed by atoms with E-state index in [0.29, 0.717) is 10.5 Å². The van der Waals surface area contributed by atoms with Gasteiger partial charge in [-0.25, -0.2) is 18.2 Å². The van der Waals surface area contributed by atoms with Crippen molar-refractivity contribution < 1.29 is 13.2 Å². The minimum Gasteiger partial charge on any atom is -0.335 e. The number of benzene rings is 1. The Balaban J connectivity index is 2.31. The molecule has 0 bridgehead atoms. The lowest BCUT2D eigenvalue weighted by Gasteiger charge is -2.07. The van der Waals surface area contributed by atoms with E-state index >= 15 is 0 Å². The Bertz CT molecular complexity index is 511. The highest BCUT2D eigenvalue weighted by atomic mass is 79.9. The first-order valence-electron chi connectivity index (χ1n) is 4.59. The van der Waals surface area contributed by atoms with E-state index in [1.807, 2.05) is 0 Å². The molecule has 1 N–H and O–H groups in total. The monoisotopic (exact) mass is 302 g/mol. The van der Waals surface area contributed by atoms with Crippen LogP contribution in [-0.2, 0) is 0 Å². The number of pyridine rings is 1. The number of rotatable bonds is 2. The lowest BCUT2D eigenvalue weighted by atomic mass is 10.3. The average Bonchev–Trinajstić information content (AvgIpc) is 2.25. The summed E-state index contributed by atoms with van der Waals surface area (Å²) in [6.07, 6.45) is 1.37. The number of aromatic nitrogens is 1. The van der Waals surface area contributed by atoms with Crippen molar-refractivity contribution in [3.63, 3.8) is 0 Å². The molecule has 0 amide bonds. The Morgan fingerprint density at radius 1 is 1.06 bits per heavy atom. The molecule has 0 spiro atoms. The molecule has 2 aromatic rings. The minimum absolute atomic E-state index is 0.0416. The van der Waals surface area contributed by atoms with Crippen LogP contribution < -0.4 is 5.32 Å². The van der Waals surface area contributed by atoms with E-state index in [2.05, 4.69) is 26.2 Å². The second-order valence-corrected chi connectivity index (χ2v) is 4.15. The molecule has 1 aromatic heterocycles. The lowest BCUT2D eigenvalue weighted by Crippen LogP contribution is -1.99. The van der Waals surface area contributed by atoms with Gasteiger partial charge in [-0.2, -0.15) is 0 Å². The van der Waals surface area contributed by atoms with Crippen molar-refractivity contribution in [2.75, 3.05) is 5.32 Å². The largest absolute Gasteiger partial charge is 0.335 e. The molecule has 0 aliphatic heterocycles. The van der Waals surface area contributed by atoms with Gasteiger partial charge >= 0.3 is 0 Å². The standard InChI is InChI=1S/C11H6BrF3N2/c12-6-3-9(15)11(16-5-6)17-10-2-1-7(13)4-8(10)14/h1-5H,(H,16,17). The van der Waals surface area contributed by atoms with Gasteiger partial charge in [0.05, 0.1) is 5.69 Å². The Morgan fingerprint density at radius 3 is 2.47 bits per heavy atom. The van der Waals surface area contributed by atoms with Crippen molar-refractivity contribution in [3.8, 4) is 0 Å². The first-order chi connectivity index (χ1) is 8.06. The maximum atomic E-state index is 13.4.